The number of nitriles is 1. The second-order valence-corrected chi connectivity index (χ2v) is 13.6. The van der Waals surface area contributed by atoms with E-state index in [2.05, 4.69) is 49.1 Å². The molecule has 0 saturated heterocycles. The van der Waals surface area contributed by atoms with E-state index < -0.39 is 37.5 Å². The predicted octanol–water partition coefficient (Wildman–Crippen LogP) is 4.01. The lowest BCUT2D eigenvalue weighted by atomic mass is 9.88. The van der Waals surface area contributed by atoms with Crippen molar-refractivity contribution in [2.45, 2.75) is 130 Å². The van der Waals surface area contributed by atoms with E-state index in [4.69, 9.17) is 19.0 Å². The van der Waals surface area contributed by atoms with E-state index in [0.29, 0.717) is 57.9 Å². The first-order valence-electron chi connectivity index (χ1n) is 14.9. The van der Waals surface area contributed by atoms with Gasteiger partial charge in [0.05, 0.1) is 43.4 Å². The molecule has 3 atom stereocenters. The molecule has 0 radical (unpaired) electrons. The number of amides is 2. The number of hydrogen-bond donors (Lipinski definition) is 2. The molecule has 2 amide bonds. The van der Waals surface area contributed by atoms with Gasteiger partial charge in [-0.05, 0) is 67.2 Å². The number of ether oxygens (including phenoxy) is 1. The summed E-state index contributed by atoms with van der Waals surface area (Å²) >= 11 is 0. The quantitative estimate of drug-likeness (QED) is 0.0858. The summed E-state index contributed by atoms with van der Waals surface area (Å²) in [6.07, 6.45) is 3.46. The third-order valence-electron chi connectivity index (χ3n) is 6.67. The second kappa shape index (κ2) is 21.4. The van der Waals surface area contributed by atoms with Crippen LogP contribution in [0.25, 0.3) is 0 Å². The zero-order chi connectivity index (χ0) is 33.1. The van der Waals surface area contributed by atoms with Gasteiger partial charge in [0.2, 0.25) is 11.8 Å². The van der Waals surface area contributed by atoms with Gasteiger partial charge in [-0.15, -0.1) is 0 Å². The average molecular weight is 629 g/mol. The summed E-state index contributed by atoms with van der Waals surface area (Å²) in [6, 6.07) is 0.871. The highest BCUT2D eigenvalue weighted by Crippen LogP contribution is 2.46. The van der Waals surface area contributed by atoms with Crippen molar-refractivity contribution in [3.8, 4) is 6.07 Å². The Morgan fingerprint density at radius 3 is 2.00 bits per heavy atom. The molecule has 1 unspecified atom stereocenters. The van der Waals surface area contributed by atoms with Crippen molar-refractivity contribution in [3.63, 3.8) is 0 Å². The van der Waals surface area contributed by atoms with Crippen LogP contribution in [0.4, 0.5) is 0 Å². The van der Waals surface area contributed by atoms with Crippen LogP contribution in [-0.4, -0.2) is 84.9 Å². The third kappa shape index (κ3) is 17.6. The molecule has 0 aromatic heterocycles. The molecule has 0 aromatic carbocycles. The molecule has 0 bridgehead atoms. The summed E-state index contributed by atoms with van der Waals surface area (Å²) in [7, 11) is -1.34. The number of nitrogens with one attached hydrogen (secondary N) is 2. The molecule has 0 aliphatic rings. The Kier molecular flexibility index (Phi) is 20.3. The van der Waals surface area contributed by atoms with E-state index in [1.807, 2.05) is 13.8 Å². The summed E-state index contributed by atoms with van der Waals surface area (Å²) in [5, 5.41) is 14.1. The fourth-order valence-electron chi connectivity index (χ4n) is 3.98. The molecule has 13 heteroatoms. The molecule has 0 heterocycles. The molecule has 0 fully saturated rings. The molecule has 0 aromatic rings. The van der Waals surface area contributed by atoms with Gasteiger partial charge in [-0.1, -0.05) is 13.8 Å². The summed E-state index contributed by atoms with van der Waals surface area (Å²) in [6.45, 7) is 16.7. The lowest BCUT2D eigenvalue weighted by Crippen LogP contribution is -2.45. The van der Waals surface area contributed by atoms with Gasteiger partial charge in [0.1, 0.15) is 18.9 Å². The lowest BCUT2D eigenvalue weighted by Gasteiger charge is -2.36. The van der Waals surface area contributed by atoms with E-state index in [1.165, 1.54) is 0 Å². The molecule has 0 aliphatic heterocycles. The van der Waals surface area contributed by atoms with Gasteiger partial charge < -0.3 is 38.8 Å². The maximum Gasteiger partial charge on any atom is 0.259 e. The summed E-state index contributed by atoms with van der Waals surface area (Å²) < 4.78 is 20.4. The van der Waals surface area contributed by atoms with Crippen LogP contribution in [0.3, 0.4) is 0 Å². The van der Waals surface area contributed by atoms with Crippen LogP contribution >= 0.6 is 8.53 Å². The zero-order valence-electron chi connectivity index (χ0n) is 27.2. The highest BCUT2D eigenvalue weighted by Gasteiger charge is 2.31. The van der Waals surface area contributed by atoms with Crippen LogP contribution in [0.1, 0.15) is 100 Å². The Morgan fingerprint density at radius 2 is 1.47 bits per heavy atom. The lowest BCUT2D eigenvalue weighted by molar-refractivity contribution is -0.134. The highest BCUT2D eigenvalue weighted by atomic mass is 31.2. The van der Waals surface area contributed by atoms with Gasteiger partial charge in [-0.2, -0.15) is 5.26 Å². The van der Waals surface area contributed by atoms with E-state index in [9.17, 15) is 24.0 Å². The highest BCUT2D eigenvalue weighted by molar-refractivity contribution is 7.44. The Balaban J connectivity index is 4.82. The molecule has 0 rings (SSSR count). The number of rotatable bonds is 25. The maximum atomic E-state index is 12.9. The van der Waals surface area contributed by atoms with Gasteiger partial charge in [0, 0.05) is 36.9 Å². The second-order valence-electron chi connectivity index (χ2n) is 12.2. The Labute approximate surface area is 258 Å². The fraction of sp³-hybridized carbons (Fsp3) is 0.800. The van der Waals surface area contributed by atoms with Crippen LogP contribution in [0.2, 0.25) is 0 Å². The Hall–Kier alpha value is -2.29. The molecule has 246 valence electrons. The van der Waals surface area contributed by atoms with E-state index in [-0.39, 0.29) is 43.7 Å². The van der Waals surface area contributed by atoms with Crippen molar-refractivity contribution >= 4 is 39.2 Å². The molecule has 43 heavy (non-hydrogen) atoms. The maximum absolute atomic E-state index is 12.9. The third-order valence-corrected chi connectivity index (χ3v) is 8.78. The van der Waals surface area contributed by atoms with Gasteiger partial charge in [0.25, 0.3) is 8.53 Å². The Bertz CT molecular complexity index is 899. The first-order valence-corrected chi connectivity index (χ1v) is 16.1. The molecule has 0 saturated carbocycles. The van der Waals surface area contributed by atoms with E-state index in [0.717, 1.165) is 0 Å². The summed E-state index contributed by atoms with van der Waals surface area (Å²) in [4.78, 5) is 58.2. The van der Waals surface area contributed by atoms with Gasteiger partial charge in [0.15, 0.2) is 0 Å². The number of nitrogens with zero attached hydrogens (tertiary/aromatic N) is 2. The monoisotopic (exact) mass is 628 g/mol. The molecular formula is C30H53N4O8P. The zero-order valence-corrected chi connectivity index (χ0v) is 28.1. The molecule has 2 N–H and O–H groups in total. The fourth-order valence-corrected chi connectivity index (χ4v) is 5.57. The first kappa shape index (κ1) is 40.7. The standard InChI is InChI=1S/C30H53N4O8P/c1-23(2)34(24(3)4)43(41-18-10-16-31)42-20-15-30(7,8)40-19-14-29(5,6)28(39)33-26(22-37)12-13-27(38)32-25(21-36)11-9-17-35/h17,21-26H,9-15,18-20H2,1-8H3,(H,32,38)(H,33,39)/t25-,26-,43?/m0/s1. The van der Waals surface area contributed by atoms with Crippen LogP contribution < -0.4 is 10.6 Å². The minimum absolute atomic E-state index is 0.0629. The minimum Gasteiger partial charge on any atom is -0.375 e. The van der Waals surface area contributed by atoms with Crippen molar-refractivity contribution in [2.24, 2.45) is 5.41 Å². The molecule has 0 spiro atoms. The van der Waals surface area contributed by atoms with E-state index >= 15 is 0 Å². The smallest absolute Gasteiger partial charge is 0.259 e. The topological polar surface area (TPSA) is 164 Å². The van der Waals surface area contributed by atoms with Crippen molar-refractivity contribution in [2.75, 3.05) is 19.8 Å². The average Bonchev–Trinajstić information content (AvgIpc) is 2.92. The molecule has 12 nitrogen and oxygen atoms in total. The largest absolute Gasteiger partial charge is 0.375 e. The SMILES string of the molecule is CC(C)N(C(C)C)P(OCCC#N)OCCC(C)(C)OCCC(C)(C)C(=O)N[C@H](C=O)CCC(=O)N[C@H](C=O)CCC=O. The minimum atomic E-state index is -1.34. The predicted molar refractivity (Wildman–Crippen MR) is 165 cm³/mol. The number of carbonyl (C=O) groups is 5. The van der Waals surface area contributed by atoms with Crippen LogP contribution in [0.15, 0.2) is 0 Å². The number of carbonyl (C=O) groups excluding carboxylic acids is 5. The summed E-state index contributed by atoms with van der Waals surface area (Å²) in [5.41, 5.74) is -1.38. The van der Waals surface area contributed by atoms with E-state index in [1.54, 1.807) is 13.8 Å². The summed E-state index contributed by atoms with van der Waals surface area (Å²) in [5.74, 6) is -0.778. The normalized spacial score (nSPS) is 14.2. The van der Waals surface area contributed by atoms with Crippen LogP contribution in [0.5, 0.6) is 0 Å². The van der Waals surface area contributed by atoms with Gasteiger partial charge >= 0.3 is 0 Å². The first-order chi connectivity index (χ1) is 20.1. The van der Waals surface area contributed by atoms with Crippen molar-refractivity contribution < 1.29 is 37.8 Å². The van der Waals surface area contributed by atoms with Gasteiger partial charge in [-0.3, -0.25) is 9.59 Å². The van der Waals surface area contributed by atoms with Crippen LogP contribution in [-0.2, 0) is 37.8 Å². The van der Waals surface area contributed by atoms with Crippen molar-refractivity contribution in [1.29, 1.82) is 5.26 Å². The van der Waals surface area contributed by atoms with Crippen molar-refractivity contribution in [1.82, 2.24) is 15.3 Å². The molecule has 0 aliphatic carbocycles. The van der Waals surface area contributed by atoms with Gasteiger partial charge in [-0.25, -0.2) is 4.67 Å². The number of aldehydes is 3. The van der Waals surface area contributed by atoms with Crippen LogP contribution in [0, 0.1) is 16.7 Å². The Morgan fingerprint density at radius 1 is 0.884 bits per heavy atom. The van der Waals surface area contributed by atoms with Crippen molar-refractivity contribution in [3.05, 3.63) is 0 Å². The number of hydrogen-bond acceptors (Lipinski definition) is 10. The molecular weight excluding hydrogens is 575 g/mol.